The van der Waals surface area contributed by atoms with Crippen molar-refractivity contribution in [3.63, 3.8) is 0 Å². The Labute approximate surface area is 192 Å². The monoisotopic (exact) mass is 477 g/mol. The van der Waals surface area contributed by atoms with Crippen LogP contribution in [0.4, 0.5) is 13.2 Å². The fourth-order valence-electron chi connectivity index (χ4n) is 3.96. The van der Waals surface area contributed by atoms with Crippen molar-refractivity contribution in [1.29, 1.82) is 0 Å². The molecule has 1 aromatic carbocycles. The molecule has 2 atom stereocenters. The zero-order chi connectivity index (χ0) is 23.9. The van der Waals surface area contributed by atoms with Crippen molar-refractivity contribution in [3.05, 3.63) is 59.5 Å². The molecule has 33 heavy (non-hydrogen) atoms. The highest BCUT2D eigenvalue weighted by atomic mass is 32.2. The normalized spacial score (nSPS) is 17.0. The Morgan fingerprint density at radius 2 is 1.76 bits per heavy atom. The van der Waals surface area contributed by atoms with E-state index in [1.54, 1.807) is 30.7 Å². The molecule has 0 saturated heterocycles. The first-order valence-corrected chi connectivity index (χ1v) is 11.8. The number of fused-ring (bicyclic) bond motifs is 1. The lowest BCUT2D eigenvalue weighted by Gasteiger charge is -2.35. The molecule has 3 heterocycles. The number of alkyl halides is 3. The van der Waals surface area contributed by atoms with Crippen LogP contribution in [0.5, 0.6) is 0 Å². The second-order valence-corrected chi connectivity index (χ2v) is 9.26. The first-order chi connectivity index (χ1) is 15.7. The van der Waals surface area contributed by atoms with Crippen molar-refractivity contribution < 1.29 is 22.8 Å². The summed E-state index contributed by atoms with van der Waals surface area (Å²) < 4.78 is 53.1. The second-order valence-electron chi connectivity index (χ2n) is 7.51. The summed E-state index contributed by atoms with van der Waals surface area (Å²) in [5, 5.41) is 10.8. The van der Waals surface area contributed by atoms with Crippen LogP contribution >= 0.6 is 0 Å². The molecule has 0 spiro atoms. The Hall–Kier alpha value is -2.82. The van der Waals surface area contributed by atoms with E-state index in [-0.39, 0.29) is 23.8 Å². The van der Waals surface area contributed by atoms with Gasteiger partial charge in [0.15, 0.2) is 28.9 Å². The van der Waals surface area contributed by atoms with Gasteiger partial charge in [0.2, 0.25) is 4.90 Å². The summed E-state index contributed by atoms with van der Waals surface area (Å²) in [6.07, 6.45) is -5.20. The summed E-state index contributed by atoms with van der Waals surface area (Å²) in [4.78, 5) is 10.6. The third-order valence-electron chi connectivity index (χ3n) is 5.59. The lowest BCUT2D eigenvalue weighted by Crippen LogP contribution is -2.38. The molecular formula is C23H24F3N4O2S+. The van der Waals surface area contributed by atoms with E-state index in [1.807, 2.05) is 37.3 Å². The summed E-state index contributed by atoms with van der Waals surface area (Å²) in [6.45, 7) is 3.35. The van der Waals surface area contributed by atoms with Gasteiger partial charge in [-0.05, 0) is 26.0 Å². The molecule has 4 rings (SSSR count). The lowest BCUT2D eigenvalue weighted by molar-refractivity contribution is -0.129. The van der Waals surface area contributed by atoms with Gasteiger partial charge in [0, 0.05) is 25.2 Å². The molecular weight excluding hydrogens is 453 g/mol. The maximum absolute atomic E-state index is 13.6. The Bertz CT molecular complexity index is 1190. The molecule has 0 aliphatic carbocycles. The summed E-state index contributed by atoms with van der Waals surface area (Å²) >= 11 is -1.13. The maximum atomic E-state index is 13.6. The minimum absolute atomic E-state index is 0.0317. The Morgan fingerprint density at radius 3 is 2.36 bits per heavy atom. The topological polar surface area (TPSA) is 74.4 Å². The fourth-order valence-corrected chi connectivity index (χ4v) is 4.85. The molecule has 0 bridgehead atoms. The van der Waals surface area contributed by atoms with Crippen molar-refractivity contribution in [2.24, 2.45) is 7.05 Å². The van der Waals surface area contributed by atoms with Gasteiger partial charge < -0.3 is 14.6 Å². The predicted molar refractivity (Wildman–Crippen MR) is 122 cm³/mol. The summed E-state index contributed by atoms with van der Waals surface area (Å²) in [5.41, 5.74) is 1.20. The van der Waals surface area contributed by atoms with Gasteiger partial charge in [-0.25, -0.2) is 9.97 Å². The van der Waals surface area contributed by atoms with E-state index in [0.717, 1.165) is 16.5 Å². The molecule has 0 saturated carbocycles. The van der Waals surface area contributed by atoms with Crippen molar-refractivity contribution in [2.45, 2.75) is 31.1 Å². The van der Waals surface area contributed by atoms with Gasteiger partial charge in [0.05, 0.1) is 17.1 Å². The Balaban J connectivity index is 1.93. The molecule has 0 fully saturated rings. The van der Waals surface area contributed by atoms with E-state index in [0.29, 0.717) is 22.0 Å². The maximum Gasteiger partial charge on any atom is 0.431 e. The number of halogens is 3. The minimum Gasteiger partial charge on any atom is -0.368 e. The number of aliphatic hydroxyl groups excluding tert-OH is 1. The summed E-state index contributed by atoms with van der Waals surface area (Å²) in [6, 6.07) is 13.0. The highest BCUT2D eigenvalue weighted by molar-refractivity contribution is 7.91. The zero-order valence-electron chi connectivity index (χ0n) is 18.3. The van der Waals surface area contributed by atoms with E-state index in [9.17, 15) is 22.8 Å². The number of aromatic nitrogens is 3. The van der Waals surface area contributed by atoms with Crippen LogP contribution in [-0.2, 0) is 18.2 Å². The molecule has 2 unspecified atom stereocenters. The van der Waals surface area contributed by atoms with Gasteiger partial charge in [0.1, 0.15) is 11.4 Å². The summed E-state index contributed by atoms with van der Waals surface area (Å²) in [5.74, 6) is 0.732. The Kier molecular flexibility index (Phi) is 6.26. The smallest absolute Gasteiger partial charge is 0.368 e. The SMILES string of the molecule is CCN1C(C(F)(F)F)=Cc2nc(-c3nc(-c4ccccc4)ccc3[S+](O)CC)n(C)c2C1O. The highest BCUT2D eigenvalue weighted by Crippen LogP contribution is 2.41. The zero-order valence-corrected chi connectivity index (χ0v) is 19.2. The molecule has 6 nitrogen and oxygen atoms in total. The van der Waals surface area contributed by atoms with Gasteiger partial charge in [-0.2, -0.15) is 17.7 Å². The third-order valence-corrected chi connectivity index (χ3v) is 6.97. The quantitative estimate of drug-likeness (QED) is 0.514. The number of benzene rings is 1. The average Bonchev–Trinajstić information content (AvgIpc) is 3.14. The van der Waals surface area contributed by atoms with Crippen molar-refractivity contribution in [2.75, 3.05) is 12.3 Å². The lowest BCUT2D eigenvalue weighted by atomic mass is 10.1. The number of nitrogens with zero attached hydrogens (tertiary/aromatic N) is 4. The molecule has 0 radical (unpaired) electrons. The largest absolute Gasteiger partial charge is 0.431 e. The fraction of sp³-hybridized carbons (Fsp3) is 0.304. The second kappa shape index (κ2) is 8.85. The van der Waals surface area contributed by atoms with E-state index in [2.05, 4.69) is 4.98 Å². The van der Waals surface area contributed by atoms with Gasteiger partial charge in [0.25, 0.3) is 0 Å². The average molecular weight is 478 g/mol. The number of aliphatic hydroxyl groups is 1. The van der Waals surface area contributed by atoms with Crippen LogP contribution < -0.4 is 0 Å². The number of allylic oxidation sites excluding steroid dienone is 1. The summed E-state index contributed by atoms with van der Waals surface area (Å²) in [7, 11) is 1.63. The third kappa shape index (κ3) is 4.14. The highest BCUT2D eigenvalue weighted by Gasteiger charge is 2.44. The van der Waals surface area contributed by atoms with Crippen LogP contribution in [0.25, 0.3) is 28.9 Å². The van der Waals surface area contributed by atoms with Gasteiger partial charge in [-0.1, -0.05) is 30.3 Å². The number of rotatable bonds is 5. The van der Waals surface area contributed by atoms with E-state index < -0.39 is 29.3 Å². The number of pyridine rings is 1. The number of hydrogen-bond acceptors (Lipinski definition) is 5. The van der Waals surface area contributed by atoms with E-state index in [1.165, 1.54) is 0 Å². The van der Waals surface area contributed by atoms with Crippen molar-refractivity contribution >= 4 is 17.3 Å². The van der Waals surface area contributed by atoms with Crippen LogP contribution in [0, 0.1) is 0 Å². The van der Waals surface area contributed by atoms with Gasteiger partial charge >= 0.3 is 6.18 Å². The minimum atomic E-state index is -4.64. The standard InChI is InChI=1S/C23H24F3N4O2S/c1-4-30-18(23(24,25)26)13-16-20(22(30)31)29(3)21(28-16)19-17(33(32)5-2)12-11-15(27-19)14-9-7-6-8-10-14/h6-13,22,31-32H,4-5H2,1-3H3/q+1. The number of imidazole rings is 1. The number of hydrogen-bond donors (Lipinski definition) is 2. The molecule has 2 N–H and O–H groups in total. The Morgan fingerprint density at radius 1 is 1.06 bits per heavy atom. The molecule has 1 aliphatic heterocycles. The van der Waals surface area contributed by atoms with Crippen LogP contribution in [0.2, 0.25) is 0 Å². The van der Waals surface area contributed by atoms with Crippen molar-refractivity contribution in [1.82, 2.24) is 19.4 Å². The molecule has 10 heteroatoms. The first-order valence-electron chi connectivity index (χ1n) is 10.4. The molecule has 2 aromatic heterocycles. The molecule has 1 aliphatic rings. The van der Waals surface area contributed by atoms with Crippen LogP contribution in [0.1, 0.15) is 31.5 Å². The molecule has 0 amide bonds. The van der Waals surface area contributed by atoms with Crippen LogP contribution in [0.15, 0.2) is 53.1 Å². The molecule has 3 aromatic rings. The van der Waals surface area contributed by atoms with E-state index in [4.69, 9.17) is 4.98 Å². The van der Waals surface area contributed by atoms with Crippen LogP contribution in [0.3, 0.4) is 0 Å². The van der Waals surface area contributed by atoms with Crippen LogP contribution in [-0.4, -0.2) is 47.6 Å². The van der Waals surface area contributed by atoms with Gasteiger partial charge in [-0.15, -0.1) is 0 Å². The van der Waals surface area contributed by atoms with Gasteiger partial charge in [-0.3, -0.25) is 0 Å². The van der Waals surface area contributed by atoms with E-state index >= 15 is 0 Å². The first kappa shape index (κ1) is 23.3. The molecule has 174 valence electrons. The van der Waals surface area contributed by atoms with Crippen molar-refractivity contribution in [3.8, 4) is 22.8 Å². The predicted octanol–water partition coefficient (Wildman–Crippen LogP) is 4.85.